The molecule has 96 valence electrons. The first-order valence-corrected chi connectivity index (χ1v) is 6.59. The molecule has 1 aromatic heterocycles. The number of nitrogens with zero attached hydrogens (tertiary/aromatic N) is 3. The van der Waals surface area contributed by atoms with Crippen LogP contribution in [0.2, 0.25) is 0 Å². The molecule has 0 radical (unpaired) electrons. The predicted molar refractivity (Wildman–Crippen MR) is 65.6 cm³/mol. The van der Waals surface area contributed by atoms with Crippen LogP contribution in [0.5, 0.6) is 0 Å². The van der Waals surface area contributed by atoms with Gasteiger partial charge < -0.3 is 14.6 Å². The summed E-state index contributed by atoms with van der Waals surface area (Å²) in [6.45, 7) is 7.63. The Kier molecular flexibility index (Phi) is 4.50. The highest BCUT2D eigenvalue weighted by molar-refractivity contribution is 5.03. The highest BCUT2D eigenvalue weighted by atomic mass is 16.5. The monoisotopic (exact) mass is 238 g/mol. The van der Waals surface area contributed by atoms with Crippen LogP contribution in [0.25, 0.3) is 0 Å². The van der Waals surface area contributed by atoms with Crippen LogP contribution >= 0.6 is 0 Å². The normalized spacial score (nSPS) is 19.3. The summed E-state index contributed by atoms with van der Waals surface area (Å²) in [6.07, 6.45) is 3.32. The maximum Gasteiger partial charge on any atom is 0.159 e. The number of ether oxygens (including phenoxy) is 1. The summed E-state index contributed by atoms with van der Waals surface area (Å²) in [6, 6.07) is 0.362. The average molecular weight is 238 g/mol. The van der Waals surface area contributed by atoms with Crippen LogP contribution in [-0.2, 0) is 17.9 Å². The third-order valence-corrected chi connectivity index (χ3v) is 3.05. The lowest BCUT2D eigenvalue weighted by atomic mass is 10.1. The Balaban J connectivity index is 2.05. The molecule has 0 fully saturated rings. The number of rotatable bonds is 6. The fourth-order valence-corrected chi connectivity index (χ4v) is 2.23. The zero-order chi connectivity index (χ0) is 12.1. The van der Waals surface area contributed by atoms with Gasteiger partial charge in [-0.3, -0.25) is 0 Å². The SMILES string of the molecule is CCCOCc1nnc2n1CCNC2CCC. The smallest absolute Gasteiger partial charge is 0.159 e. The first kappa shape index (κ1) is 12.5. The van der Waals surface area contributed by atoms with E-state index < -0.39 is 0 Å². The predicted octanol–water partition coefficient (Wildman–Crippen LogP) is 1.65. The van der Waals surface area contributed by atoms with E-state index in [0.717, 1.165) is 50.6 Å². The van der Waals surface area contributed by atoms with Gasteiger partial charge in [-0.1, -0.05) is 20.3 Å². The summed E-state index contributed by atoms with van der Waals surface area (Å²) in [4.78, 5) is 0. The highest BCUT2D eigenvalue weighted by Crippen LogP contribution is 2.21. The van der Waals surface area contributed by atoms with Crippen LogP contribution in [0.1, 0.15) is 50.8 Å². The lowest BCUT2D eigenvalue weighted by Gasteiger charge is -2.24. The molecular weight excluding hydrogens is 216 g/mol. The van der Waals surface area contributed by atoms with E-state index in [9.17, 15) is 0 Å². The van der Waals surface area contributed by atoms with Crippen molar-refractivity contribution in [1.82, 2.24) is 20.1 Å². The van der Waals surface area contributed by atoms with Crippen LogP contribution in [0.3, 0.4) is 0 Å². The molecule has 2 heterocycles. The molecule has 0 amide bonds. The van der Waals surface area contributed by atoms with E-state index in [1.165, 1.54) is 0 Å². The van der Waals surface area contributed by atoms with Gasteiger partial charge in [0.2, 0.25) is 0 Å². The molecule has 5 heteroatoms. The Morgan fingerprint density at radius 1 is 1.35 bits per heavy atom. The number of nitrogens with one attached hydrogen (secondary N) is 1. The van der Waals surface area contributed by atoms with E-state index in [4.69, 9.17) is 4.74 Å². The van der Waals surface area contributed by atoms with Crippen LogP contribution in [-0.4, -0.2) is 27.9 Å². The molecule has 1 aliphatic rings. The summed E-state index contributed by atoms with van der Waals surface area (Å²) in [5, 5.41) is 12.0. The fraction of sp³-hybridized carbons (Fsp3) is 0.833. The van der Waals surface area contributed by atoms with Crippen molar-refractivity contribution in [3.8, 4) is 0 Å². The Labute approximate surface area is 103 Å². The Bertz CT molecular complexity index is 350. The van der Waals surface area contributed by atoms with Crippen LogP contribution in [0, 0.1) is 0 Å². The molecule has 5 nitrogen and oxygen atoms in total. The third-order valence-electron chi connectivity index (χ3n) is 3.05. The van der Waals surface area contributed by atoms with Gasteiger partial charge in [-0.05, 0) is 12.8 Å². The molecule has 0 saturated heterocycles. The lowest BCUT2D eigenvalue weighted by molar-refractivity contribution is 0.112. The van der Waals surface area contributed by atoms with Crippen LogP contribution in [0.4, 0.5) is 0 Å². The Morgan fingerprint density at radius 3 is 3.00 bits per heavy atom. The fourth-order valence-electron chi connectivity index (χ4n) is 2.23. The largest absolute Gasteiger partial charge is 0.373 e. The number of fused-ring (bicyclic) bond motifs is 1. The number of hydrogen-bond donors (Lipinski definition) is 1. The third kappa shape index (κ3) is 2.84. The zero-order valence-corrected chi connectivity index (χ0v) is 10.8. The van der Waals surface area contributed by atoms with E-state index in [1.807, 2.05) is 0 Å². The lowest BCUT2D eigenvalue weighted by Crippen LogP contribution is -2.34. The van der Waals surface area contributed by atoms with Gasteiger partial charge in [0.1, 0.15) is 12.4 Å². The second-order valence-corrected chi connectivity index (χ2v) is 4.47. The van der Waals surface area contributed by atoms with E-state index in [2.05, 4.69) is 33.9 Å². The van der Waals surface area contributed by atoms with Crippen molar-refractivity contribution in [3.05, 3.63) is 11.6 Å². The second-order valence-electron chi connectivity index (χ2n) is 4.47. The Hall–Kier alpha value is -0.940. The minimum Gasteiger partial charge on any atom is -0.373 e. The molecule has 0 aromatic carbocycles. The maximum atomic E-state index is 5.54. The molecule has 17 heavy (non-hydrogen) atoms. The van der Waals surface area contributed by atoms with Crippen molar-refractivity contribution in [2.75, 3.05) is 13.2 Å². The van der Waals surface area contributed by atoms with Gasteiger partial charge in [0.25, 0.3) is 0 Å². The Morgan fingerprint density at radius 2 is 2.24 bits per heavy atom. The summed E-state index contributed by atoms with van der Waals surface area (Å²) < 4.78 is 7.76. The molecular formula is C12H22N4O. The summed E-state index contributed by atoms with van der Waals surface area (Å²) in [5.74, 6) is 2.05. The first-order valence-electron chi connectivity index (χ1n) is 6.59. The minimum atomic E-state index is 0.362. The zero-order valence-electron chi connectivity index (χ0n) is 10.8. The second kappa shape index (κ2) is 6.12. The average Bonchev–Trinajstić information content (AvgIpc) is 2.75. The molecule has 1 atom stereocenters. The number of aromatic nitrogens is 3. The van der Waals surface area contributed by atoms with E-state index in [0.29, 0.717) is 12.6 Å². The molecule has 1 N–H and O–H groups in total. The van der Waals surface area contributed by atoms with Crippen molar-refractivity contribution in [2.45, 2.75) is 52.3 Å². The van der Waals surface area contributed by atoms with Crippen molar-refractivity contribution in [1.29, 1.82) is 0 Å². The van der Waals surface area contributed by atoms with Gasteiger partial charge in [0, 0.05) is 19.7 Å². The summed E-state index contributed by atoms with van der Waals surface area (Å²) in [7, 11) is 0. The standard InChI is InChI=1S/C12H22N4O/c1-3-5-10-12-15-14-11(9-17-8-4-2)16(12)7-6-13-10/h10,13H,3-9H2,1-2H3. The van der Waals surface area contributed by atoms with Gasteiger partial charge in [0.05, 0.1) is 6.04 Å². The summed E-state index contributed by atoms with van der Waals surface area (Å²) >= 11 is 0. The summed E-state index contributed by atoms with van der Waals surface area (Å²) in [5.41, 5.74) is 0. The first-order chi connectivity index (χ1) is 8.36. The van der Waals surface area contributed by atoms with Crippen molar-refractivity contribution in [2.24, 2.45) is 0 Å². The molecule has 0 bridgehead atoms. The highest BCUT2D eigenvalue weighted by Gasteiger charge is 2.23. The maximum absolute atomic E-state index is 5.54. The van der Waals surface area contributed by atoms with Crippen molar-refractivity contribution >= 4 is 0 Å². The van der Waals surface area contributed by atoms with E-state index in [-0.39, 0.29) is 0 Å². The van der Waals surface area contributed by atoms with E-state index >= 15 is 0 Å². The minimum absolute atomic E-state index is 0.362. The van der Waals surface area contributed by atoms with Gasteiger partial charge in [-0.15, -0.1) is 10.2 Å². The van der Waals surface area contributed by atoms with E-state index in [1.54, 1.807) is 0 Å². The molecule has 1 aliphatic heterocycles. The molecule has 0 spiro atoms. The molecule has 1 aromatic rings. The molecule has 0 saturated carbocycles. The topological polar surface area (TPSA) is 52.0 Å². The number of hydrogen-bond acceptors (Lipinski definition) is 4. The molecule has 2 rings (SSSR count). The van der Waals surface area contributed by atoms with Gasteiger partial charge in [-0.2, -0.15) is 0 Å². The quantitative estimate of drug-likeness (QED) is 0.766. The van der Waals surface area contributed by atoms with Gasteiger partial charge >= 0.3 is 0 Å². The van der Waals surface area contributed by atoms with Crippen LogP contribution < -0.4 is 5.32 Å². The van der Waals surface area contributed by atoms with Crippen molar-refractivity contribution in [3.63, 3.8) is 0 Å². The van der Waals surface area contributed by atoms with Crippen molar-refractivity contribution < 1.29 is 4.74 Å². The molecule has 1 unspecified atom stereocenters. The van der Waals surface area contributed by atoms with Gasteiger partial charge in [0.15, 0.2) is 5.82 Å². The molecule has 0 aliphatic carbocycles. The van der Waals surface area contributed by atoms with Crippen LogP contribution in [0.15, 0.2) is 0 Å². The van der Waals surface area contributed by atoms with Gasteiger partial charge in [-0.25, -0.2) is 0 Å².